The third-order valence-electron chi connectivity index (χ3n) is 3.80. The van der Waals surface area contributed by atoms with Gasteiger partial charge in [0, 0.05) is 18.4 Å². The van der Waals surface area contributed by atoms with Crippen LogP contribution < -0.4 is 5.32 Å². The molecule has 132 valence electrons. The number of aryl methyl sites for hydroxylation is 1. The summed E-state index contributed by atoms with van der Waals surface area (Å²) < 4.78 is 23.3. The second-order valence-corrected chi connectivity index (χ2v) is 7.82. The molecule has 0 radical (unpaired) electrons. The molecular formula is C18H19NO5S. The van der Waals surface area contributed by atoms with Crippen molar-refractivity contribution in [3.05, 3.63) is 59.7 Å². The quantitative estimate of drug-likeness (QED) is 0.824. The van der Waals surface area contributed by atoms with Crippen molar-refractivity contribution in [2.45, 2.75) is 24.2 Å². The average Bonchev–Trinajstić information content (AvgIpc) is 2.54. The Bertz CT molecular complexity index is 891. The van der Waals surface area contributed by atoms with E-state index < -0.39 is 27.6 Å². The summed E-state index contributed by atoms with van der Waals surface area (Å²) in [5, 5.41) is 12.0. The molecule has 0 saturated heterocycles. The normalized spacial score (nSPS) is 12.4. The number of amides is 1. The largest absolute Gasteiger partial charge is 0.481 e. The second kappa shape index (κ2) is 7.48. The van der Waals surface area contributed by atoms with Gasteiger partial charge in [-0.05, 0) is 30.2 Å². The fourth-order valence-electron chi connectivity index (χ4n) is 2.39. The molecule has 2 aromatic carbocycles. The molecule has 0 heterocycles. The number of carbonyl (C=O) groups is 2. The van der Waals surface area contributed by atoms with E-state index in [4.69, 9.17) is 0 Å². The summed E-state index contributed by atoms with van der Waals surface area (Å²) in [5.41, 5.74) is 1.57. The van der Waals surface area contributed by atoms with Crippen molar-refractivity contribution in [2.75, 3.05) is 11.6 Å². The van der Waals surface area contributed by atoms with Gasteiger partial charge >= 0.3 is 5.97 Å². The zero-order chi connectivity index (χ0) is 18.6. The zero-order valence-electron chi connectivity index (χ0n) is 13.9. The Morgan fingerprint density at radius 1 is 1.12 bits per heavy atom. The lowest BCUT2D eigenvalue weighted by Crippen LogP contribution is -2.21. The van der Waals surface area contributed by atoms with Crippen LogP contribution in [0.2, 0.25) is 0 Å². The third kappa shape index (κ3) is 4.90. The molecule has 1 atom stereocenters. The number of hydrogen-bond donors (Lipinski definition) is 2. The lowest BCUT2D eigenvalue weighted by Gasteiger charge is -2.14. The van der Waals surface area contributed by atoms with Crippen LogP contribution in [0.3, 0.4) is 0 Å². The van der Waals surface area contributed by atoms with Crippen molar-refractivity contribution in [3.8, 4) is 0 Å². The highest BCUT2D eigenvalue weighted by Gasteiger charge is 2.23. The standard InChI is InChI=1S/C18H19NO5S/c1-12-8-9-14(25(2,23)24)10-16(12)19-17(20)11-15(18(21)22)13-6-4-3-5-7-13/h3-10,15H,11H2,1-2H3,(H,19,20)(H,21,22). The minimum Gasteiger partial charge on any atom is -0.481 e. The Kier molecular flexibility index (Phi) is 5.58. The van der Waals surface area contributed by atoms with E-state index in [1.807, 2.05) is 0 Å². The van der Waals surface area contributed by atoms with E-state index in [0.29, 0.717) is 16.8 Å². The second-order valence-electron chi connectivity index (χ2n) is 5.80. The highest BCUT2D eigenvalue weighted by molar-refractivity contribution is 7.90. The first-order chi connectivity index (χ1) is 11.7. The molecule has 7 heteroatoms. The number of carboxylic acid groups (broad SMARTS) is 1. The van der Waals surface area contributed by atoms with Crippen molar-refractivity contribution >= 4 is 27.4 Å². The van der Waals surface area contributed by atoms with Gasteiger partial charge in [0.1, 0.15) is 0 Å². The fraction of sp³-hybridized carbons (Fsp3) is 0.222. The van der Waals surface area contributed by atoms with Gasteiger partial charge in [-0.15, -0.1) is 0 Å². The minimum absolute atomic E-state index is 0.0891. The van der Waals surface area contributed by atoms with Crippen LogP contribution in [0.15, 0.2) is 53.4 Å². The van der Waals surface area contributed by atoms with Crippen LogP contribution in [0.5, 0.6) is 0 Å². The van der Waals surface area contributed by atoms with E-state index in [1.54, 1.807) is 43.3 Å². The summed E-state index contributed by atoms with van der Waals surface area (Å²) in [6.07, 6.45) is 0.834. The van der Waals surface area contributed by atoms with Crippen LogP contribution in [0.4, 0.5) is 5.69 Å². The first-order valence-electron chi connectivity index (χ1n) is 7.57. The number of anilines is 1. The molecule has 0 spiro atoms. The van der Waals surface area contributed by atoms with E-state index >= 15 is 0 Å². The number of carboxylic acids is 1. The number of sulfone groups is 1. The molecule has 25 heavy (non-hydrogen) atoms. The van der Waals surface area contributed by atoms with E-state index in [-0.39, 0.29) is 11.3 Å². The maximum absolute atomic E-state index is 12.3. The Hall–Kier alpha value is -2.67. The van der Waals surface area contributed by atoms with Crippen molar-refractivity contribution in [3.63, 3.8) is 0 Å². The van der Waals surface area contributed by atoms with Gasteiger partial charge in [-0.3, -0.25) is 9.59 Å². The molecule has 2 N–H and O–H groups in total. The summed E-state index contributed by atoms with van der Waals surface area (Å²) in [7, 11) is -3.40. The number of carbonyl (C=O) groups excluding carboxylic acids is 1. The van der Waals surface area contributed by atoms with Crippen LogP contribution in [-0.4, -0.2) is 31.7 Å². The molecular weight excluding hydrogens is 342 g/mol. The van der Waals surface area contributed by atoms with Crippen LogP contribution in [0.25, 0.3) is 0 Å². The first kappa shape index (κ1) is 18.7. The molecule has 0 saturated carbocycles. The van der Waals surface area contributed by atoms with Gasteiger partial charge in [0.25, 0.3) is 0 Å². The molecule has 6 nitrogen and oxygen atoms in total. The van der Waals surface area contributed by atoms with Gasteiger partial charge in [-0.25, -0.2) is 8.42 Å². The lowest BCUT2D eigenvalue weighted by molar-refractivity contribution is -0.140. The number of hydrogen-bond acceptors (Lipinski definition) is 4. The van der Waals surface area contributed by atoms with Gasteiger partial charge in [0.05, 0.1) is 10.8 Å². The minimum atomic E-state index is -3.40. The van der Waals surface area contributed by atoms with Gasteiger partial charge < -0.3 is 10.4 Å². The molecule has 1 unspecified atom stereocenters. The zero-order valence-corrected chi connectivity index (χ0v) is 14.7. The monoisotopic (exact) mass is 361 g/mol. The Morgan fingerprint density at radius 3 is 2.32 bits per heavy atom. The molecule has 0 aliphatic rings. The van der Waals surface area contributed by atoms with Crippen molar-refractivity contribution in [1.29, 1.82) is 0 Å². The molecule has 2 rings (SSSR count). The summed E-state index contributed by atoms with van der Waals surface area (Å²) >= 11 is 0. The highest BCUT2D eigenvalue weighted by atomic mass is 32.2. The molecule has 0 aromatic heterocycles. The van der Waals surface area contributed by atoms with Crippen molar-refractivity contribution in [2.24, 2.45) is 0 Å². The van der Waals surface area contributed by atoms with Crippen molar-refractivity contribution < 1.29 is 23.1 Å². The number of aliphatic carboxylic acids is 1. The maximum Gasteiger partial charge on any atom is 0.311 e. The van der Waals surface area contributed by atoms with E-state index in [2.05, 4.69) is 5.32 Å². The summed E-state index contributed by atoms with van der Waals surface area (Å²) in [4.78, 5) is 23.9. The van der Waals surface area contributed by atoms with E-state index in [9.17, 15) is 23.1 Å². The molecule has 0 fully saturated rings. The van der Waals surface area contributed by atoms with Crippen molar-refractivity contribution in [1.82, 2.24) is 0 Å². The SMILES string of the molecule is Cc1ccc(S(C)(=O)=O)cc1NC(=O)CC(C(=O)O)c1ccccc1. The maximum atomic E-state index is 12.3. The number of benzene rings is 2. The van der Waals surface area contributed by atoms with Crippen LogP contribution in [0.1, 0.15) is 23.5 Å². The Labute approximate surface area is 146 Å². The van der Waals surface area contributed by atoms with Gasteiger partial charge in [0.15, 0.2) is 9.84 Å². The molecule has 1 amide bonds. The van der Waals surface area contributed by atoms with Crippen LogP contribution in [0, 0.1) is 6.92 Å². The molecule has 0 aliphatic carbocycles. The van der Waals surface area contributed by atoms with E-state index in [1.165, 1.54) is 12.1 Å². The smallest absolute Gasteiger partial charge is 0.311 e. The third-order valence-corrected chi connectivity index (χ3v) is 4.91. The fourth-order valence-corrected chi connectivity index (χ4v) is 3.03. The molecule has 0 bridgehead atoms. The Balaban J connectivity index is 2.20. The first-order valence-corrected chi connectivity index (χ1v) is 9.46. The number of rotatable bonds is 6. The van der Waals surface area contributed by atoms with Crippen LogP contribution >= 0.6 is 0 Å². The van der Waals surface area contributed by atoms with Gasteiger partial charge in [0.2, 0.25) is 5.91 Å². The topological polar surface area (TPSA) is 101 Å². The van der Waals surface area contributed by atoms with Gasteiger partial charge in [-0.1, -0.05) is 36.4 Å². The molecule has 2 aromatic rings. The highest BCUT2D eigenvalue weighted by Crippen LogP contribution is 2.23. The van der Waals surface area contributed by atoms with E-state index in [0.717, 1.165) is 6.26 Å². The number of nitrogens with one attached hydrogen (secondary N) is 1. The summed E-state index contributed by atoms with van der Waals surface area (Å²) in [5.74, 6) is -2.56. The predicted molar refractivity (Wildman–Crippen MR) is 94.4 cm³/mol. The Morgan fingerprint density at radius 2 is 1.76 bits per heavy atom. The average molecular weight is 361 g/mol. The molecule has 0 aliphatic heterocycles. The summed E-state index contributed by atoms with van der Waals surface area (Å²) in [6, 6.07) is 12.9. The predicted octanol–water partition coefficient (Wildman–Crippen LogP) is 2.60. The lowest BCUT2D eigenvalue weighted by atomic mass is 9.95. The van der Waals surface area contributed by atoms with Gasteiger partial charge in [-0.2, -0.15) is 0 Å². The summed E-state index contributed by atoms with van der Waals surface area (Å²) in [6.45, 7) is 1.73. The van der Waals surface area contributed by atoms with Crippen LogP contribution in [-0.2, 0) is 19.4 Å².